The van der Waals surface area contributed by atoms with Gasteiger partial charge in [-0.15, -0.1) is 0 Å². The van der Waals surface area contributed by atoms with Crippen LogP contribution in [0.1, 0.15) is 24.5 Å². The average molecular weight is 312 g/mol. The molecular formula is C19H24N2O2. The van der Waals surface area contributed by atoms with E-state index >= 15 is 0 Å². The smallest absolute Gasteiger partial charge is 0.220 e. The number of hydrogen-bond donors (Lipinski definition) is 2. The van der Waals surface area contributed by atoms with Gasteiger partial charge in [-0.25, -0.2) is 0 Å². The van der Waals surface area contributed by atoms with Crippen molar-refractivity contribution in [2.45, 2.75) is 26.2 Å². The van der Waals surface area contributed by atoms with Crippen molar-refractivity contribution < 1.29 is 9.53 Å². The van der Waals surface area contributed by atoms with Gasteiger partial charge in [0, 0.05) is 18.7 Å². The van der Waals surface area contributed by atoms with E-state index in [-0.39, 0.29) is 5.91 Å². The number of nitrogens with one attached hydrogen (secondary N) is 1. The summed E-state index contributed by atoms with van der Waals surface area (Å²) in [4.78, 5) is 11.9. The van der Waals surface area contributed by atoms with E-state index in [1.165, 1.54) is 0 Å². The molecule has 0 radical (unpaired) electrons. The molecule has 122 valence electrons. The number of para-hydroxylation sites is 2. The van der Waals surface area contributed by atoms with E-state index in [4.69, 9.17) is 10.5 Å². The quantitative estimate of drug-likeness (QED) is 0.737. The number of carbonyl (C=O) groups is 1. The van der Waals surface area contributed by atoms with Gasteiger partial charge in [0.25, 0.3) is 0 Å². The normalized spacial score (nSPS) is 10.3. The van der Waals surface area contributed by atoms with Crippen LogP contribution in [0.5, 0.6) is 5.75 Å². The molecule has 2 aromatic rings. The van der Waals surface area contributed by atoms with Crippen LogP contribution in [-0.2, 0) is 17.6 Å². The standard InChI is InChI=1S/C19H24N2O2/c1-2-23-18-10-6-4-8-16(18)13-14-21-19(22)12-11-15-7-3-5-9-17(15)20/h3-10H,2,11-14,20H2,1H3,(H,21,22). The number of carbonyl (C=O) groups excluding carboxylic acids is 1. The molecule has 0 aromatic heterocycles. The predicted molar refractivity (Wildman–Crippen MR) is 93.5 cm³/mol. The summed E-state index contributed by atoms with van der Waals surface area (Å²) < 4.78 is 5.59. The molecule has 0 fully saturated rings. The van der Waals surface area contributed by atoms with Crippen LogP contribution in [0.25, 0.3) is 0 Å². The van der Waals surface area contributed by atoms with Crippen molar-refractivity contribution in [1.29, 1.82) is 0 Å². The van der Waals surface area contributed by atoms with Gasteiger partial charge in [-0.05, 0) is 43.0 Å². The Balaban J connectivity index is 1.76. The van der Waals surface area contributed by atoms with Gasteiger partial charge in [0.2, 0.25) is 5.91 Å². The van der Waals surface area contributed by atoms with Gasteiger partial charge in [-0.2, -0.15) is 0 Å². The lowest BCUT2D eigenvalue weighted by atomic mass is 10.1. The number of amides is 1. The summed E-state index contributed by atoms with van der Waals surface area (Å²) >= 11 is 0. The molecule has 1 amide bonds. The minimum Gasteiger partial charge on any atom is -0.494 e. The summed E-state index contributed by atoms with van der Waals surface area (Å²) in [6.07, 6.45) is 1.87. The van der Waals surface area contributed by atoms with Crippen molar-refractivity contribution in [2.24, 2.45) is 0 Å². The summed E-state index contributed by atoms with van der Waals surface area (Å²) in [5.74, 6) is 0.934. The third kappa shape index (κ3) is 5.33. The largest absolute Gasteiger partial charge is 0.494 e. The zero-order valence-corrected chi connectivity index (χ0v) is 13.5. The first kappa shape index (κ1) is 16.9. The number of rotatable bonds is 8. The van der Waals surface area contributed by atoms with Gasteiger partial charge >= 0.3 is 0 Å². The fourth-order valence-electron chi connectivity index (χ4n) is 2.44. The summed E-state index contributed by atoms with van der Waals surface area (Å²) in [5.41, 5.74) is 8.75. The predicted octanol–water partition coefficient (Wildman–Crippen LogP) is 2.96. The fourth-order valence-corrected chi connectivity index (χ4v) is 2.44. The van der Waals surface area contributed by atoms with Crippen LogP contribution in [0, 0.1) is 0 Å². The van der Waals surface area contributed by atoms with E-state index in [1.54, 1.807) is 0 Å². The van der Waals surface area contributed by atoms with Crippen molar-refractivity contribution in [2.75, 3.05) is 18.9 Å². The number of nitrogens with two attached hydrogens (primary N) is 1. The maximum Gasteiger partial charge on any atom is 0.220 e. The Hall–Kier alpha value is -2.49. The molecule has 0 saturated heterocycles. The number of nitrogen functional groups attached to an aromatic ring is 1. The summed E-state index contributed by atoms with van der Waals surface area (Å²) in [6, 6.07) is 15.6. The molecule has 0 aliphatic carbocycles. The topological polar surface area (TPSA) is 64.3 Å². The molecule has 0 atom stereocenters. The maximum atomic E-state index is 11.9. The minimum absolute atomic E-state index is 0.0437. The molecular weight excluding hydrogens is 288 g/mol. The first-order valence-corrected chi connectivity index (χ1v) is 8.01. The Bertz CT molecular complexity index is 641. The van der Waals surface area contributed by atoms with Crippen molar-refractivity contribution >= 4 is 11.6 Å². The number of ether oxygens (including phenoxy) is 1. The SMILES string of the molecule is CCOc1ccccc1CCNC(=O)CCc1ccccc1N. The second kappa shape index (κ2) is 8.83. The third-order valence-electron chi connectivity index (χ3n) is 3.67. The van der Waals surface area contributed by atoms with Gasteiger partial charge in [0.15, 0.2) is 0 Å². The van der Waals surface area contributed by atoms with Crippen LogP contribution in [-0.4, -0.2) is 19.1 Å². The lowest BCUT2D eigenvalue weighted by Gasteiger charge is -2.11. The Morgan fingerprint density at radius 2 is 1.74 bits per heavy atom. The summed E-state index contributed by atoms with van der Waals surface area (Å²) in [5, 5.41) is 2.95. The van der Waals surface area contributed by atoms with Crippen LogP contribution in [0.4, 0.5) is 5.69 Å². The van der Waals surface area contributed by atoms with Crippen LogP contribution in [0.2, 0.25) is 0 Å². The molecule has 4 nitrogen and oxygen atoms in total. The maximum absolute atomic E-state index is 11.9. The lowest BCUT2D eigenvalue weighted by molar-refractivity contribution is -0.121. The van der Waals surface area contributed by atoms with Crippen molar-refractivity contribution in [3.8, 4) is 5.75 Å². The number of aryl methyl sites for hydroxylation is 1. The van der Waals surface area contributed by atoms with Crippen LogP contribution >= 0.6 is 0 Å². The molecule has 4 heteroatoms. The number of benzene rings is 2. The Morgan fingerprint density at radius 3 is 2.48 bits per heavy atom. The first-order valence-electron chi connectivity index (χ1n) is 8.01. The Morgan fingerprint density at radius 1 is 1.04 bits per heavy atom. The van der Waals surface area contributed by atoms with Gasteiger partial charge < -0.3 is 15.8 Å². The van der Waals surface area contributed by atoms with E-state index in [9.17, 15) is 4.79 Å². The number of hydrogen-bond acceptors (Lipinski definition) is 3. The molecule has 0 aliphatic heterocycles. The Kier molecular flexibility index (Phi) is 6.48. The minimum atomic E-state index is 0.0437. The monoisotopic (exact) mass is 312 g/mol. The lowest BCUT2D eigenvalue weighted by Crippen LogP contribution is -2.26. The van der Waals surface area contributed by atoms with Crippen molar-refractivity contribution in [1.82, 2.24) is 5.32 Å². The summed E-state index contributed by atoms with van der Waals surface area (Å²) in [7, 11) is 0. The second-order valence-electron chi connectivity index (χ2n) is 5.34. The zero-order chi connectivity index (χ0) is 16.5. The molecule has 0 bridgehead atoms. The molecule has 0 unspecified atom stereocenters. The highest BCUT2D eigenvalue weighted by Crippen LogP contribution is 2.18. The van der Waals surface area contributed by atoms with Crippen LogP contribution in [0.15, 0.2) is 48.5 Å². The van der Waals surface area contributed by atoms with Crippen LogP contribution < -0.4 is 15.8 Å². The Labute approximate surface area is 137 Å². The summed E-state index contributed by atoms with van der Waals surface area (Å²) in [6.45, 7) is 3.21. The van der Waals surface area contributed by atoms with Crippen LogP contribution in [0.3, 0.4) is 0 Å². The van der Waals surface area contributed by atoms with E-state index in [0.29, 0.717) is 26.0 Å². The van der Waals surface area contributed by atoms with Gasteiger partial charge in [0.1, 0.15) is 5.75 Å². The molecule has 0 aliphatic rings. The van der Waals surface area contributed by atoms with E-state index in [0.717, 1.165) is 29.0 Å². The second-order valence-corrected chi connectivity index (χ2v) is 5.34. The highest BCUT2D eigenvalue weighted by molar-refractivity contribution is 5.76. The van der Waals surface area contributed by atoms with E-state index in [2.05, 4.69) is 5.32 Å². The van der Waals surface area contributed by atoms with Crippen molar-refractivity contribution in [3.63, 3.8) is 0 Å². The highest BCUT2D eigenvalue weighted by atomic mass is 16.5. The number of anilines is 1. The van der Waals surface area contributed by atoms with Crippen molar-refractivity contribution in [3.05, 3.63) is 59.7 Å². The molecule has 3 N–H and O–H groups in total. The molecule has 0 saturated carbocycles. The molecule has 23 heavy (non-hydrogen) atoms. The first-order chi connectivity index (χ1) is 11.2. The van der Waals surface area contributed by atoms with Gasteiger partial charge in [-0.1, -0.05) is 36.4 Å². The molecule has 0 spiro atoms. The molecule has 0 heterocycles. The molecule has 2 aromatic carbocycles. The van der Waals surface area contributed by atoms with Gasteiger partial charge in [0.05, 0.1) is 6.61 Å². The zero-order valence-electron chi connectivity index (χ0n) is 13.5. The highest BCUT2D eigenvalue weighted by Gasteiger charge is 2.06. The van der Waals surface area contributed by atoms with E-state index in [1.807, 2.05) is 55.5 Å². The van der Waals surface area contributed by atoms with E-state index < -0.39 is 0 Å². The molecule has 2 rings (SSSR count). The average Bonchev–Trinajstić information content (AvgIpc) is 2.56. The third-order valence-corrected chi connectivity index (χ3v) is 3.67. The fraction of sp³-hybridized carbons (Fsp3) is 0.316. The van der Waals surface area contributed by atoms with Gasteiger partial charge in [-0.3, -0.25) is 4.79 Å².